The first-order chi connectivity index (χ1) is 10.5. The smallest absolute Gasteiger partial charge is 0.307 e. The number of rotatable bonds is 3. The van der Waals surface area contributed by atoms with E-state index in [0.717, 1.165) is 12.1 Å². The zero-order valence-corrected chi connectivity index (χ0v) is 11.7. The number of hydrogen-bond acceptors (Lipinski definition) is 3. The van der Waals surface area contributed by atoms with Crippen molar-refractivity contribution in [2.45, 2.75) is 12.5 Å². The number of aliphatic carboxylic acids is 1. The maximum atomic E-state index is 13.3. The van der Waals surface area contributed by atoms with Crippen molar-refractivity contribution in [1.82, 2.24) is 4.90 Å². The van der Waals surface area contributed by atoms with Gasteiger partial charge in [-0.1, -0.05) is 6.07 Å². The Morgan fingerprint density at radius 2 is 2.00 bits per heavy atom. The molecule has 2 fully saturated rings. The van der Waals surface area contributed by atoms with Crippen LogP contribution in [0, 0.1) is 23.5 Å². The molecule has 1 aliphatic heterocycles. The van der Waals surface area contributed by atoms with Gasteiger partial charge in [0.25, 0.3) is 0 Å². The Morgan fingerprint density at radius 1 is 1.23 bits per heavy atom. The van der Waals surface area contributed by atoms with Crippen LogP contribution in [0.15, 0.2) is 18.2 Å². The van der Waals surface area contributed by atoms with Crippen LogP contribution in [0.3, 0.4) is 0 Å². The number of carbonyl (C=O) groups excluding carboxylic acids is 1. The monoisotopic (exact) mass is 311 g/mol. The van der Waals surface area contributed by atoms with Crippen molar-refractivity contribution in [3.63, 3.8) is 0 Å². The van der Waals surface area contributed by atoms with Crippen LogP contribution < -0.4 is 0 Å². The molecule has 0 radical (unpaired) electrons. The molecule has 1 N–H and O–H groups in total. The van der Waals surface area contributed by atoms with Crippen LogP contribution in [0.1, 0.15) is 18.1 Å². The van der Waals surface area contributed by atoms with Crippen LogP contribution in [0.2, 0.25) is 0 Å². The molecular formula is C15H15F2NO4. The molecule has 0 unspecified atom stereocenters. The Morgan fingerprint density at radius 3 is 2.64 bits per heavy atom. The average molecular weight is 311 g/mol. The highest BCUT2D eigenvalue weighted by molar-refractivity contribution is 5.89. The van der Waals surface area contributed by atoms with E-state index in [-0.39, 0.29) is 19.1 Å². The van der Waals surface area contributed by atoms with Gasteiger partial charge in [-0.3, -0.25) is 9.59 Å². The van der Waals surface area contributed by atoms with E-state index in [1.165, 1.54) is 6.07 Å². The van der Waals surface area contributed by atoms with E-state index in [1.54, 1.807) is 4.90 Å². The third-order valence-electron chi connectivity index (χ3n) is 4.12. The second-order valence-corrected chi connectivity index (χ2v) is 5.60. The van der Waals surface area contributed by atoms with Gasteiger partial charge in [-0.15, -0.1) is 0 Å². The highest BCUT2D eigenvalue weighted by Gasteiger charge is 2.50. The fourth-order valence-corrected chi connectivity index (χ4v) is 2.74. The maximum absolute atomic E-state index is 13.3. The fourth-order valence-electron chi connectivity index (χ4n) is 2.74. The lowest BCUT2D eigenvalue weighted by atomic mass is 10.1. The SMILES string of the molecule is O=C(O)[C@@H]1C[C@H]1C(=O)N1CCO[C@H](c2ccc(F)c(F)c2)C1. The molecule has 1 saturated carbocycles. The third kappa shape index (κ3) is 2.81. The van der Waals surface area contributed by atoms with Crippen molar-refractivity contribution < 1.29 is 28.2 Å². The molecule has 1 heterocycles. The van der Waals surface area contributed by atoms with Gasteiger partial charge in [0.1, 0.15) is 6.10 Å². The minimum atomic E-state index is -0.960. The Kier molecular flexibility index (Phi) is 3.82. The van der Waals surface area contributed by atoms with Gasteiger partial charge >= 0.3 is 5.97 Å². The summed E-state index contributed by atoms with van der Waals surface area (Å²) in [4.78, 5) is 24.6. The van der Waals surface area contributed by atoms with Gasteiger partial charge in [0, 0.05) is 6.54 Å². The Bertz CT molecular complexity index is 622. The number of carbonyl (C=O) groups is 2. The molecule has 7 heteroatoms. The minimum Gasteiger partial charge on any atom is -0.481 e. The minimum absolute atomic E-state index is 0.205. The summed E-state index contributed by atoms with van der Waals surface area (Å²) in [6, 6.07) is 3.51. The molecule has 1 aromatic carbocycles. The topological polar surface area (TPSA) is 66.8 Å². The lowest BCUT2D eigenvalue weighted by Crippen LogP contribution is -2.43. The quantitative estimate of drug-likeness (QED) is 0.920. The number of ether oxygens (including phenoxy) is 1. The van der Waals surface area contributed by atoms with Crippen molar-refractivity contribution in [2.75, 3.05) is 19.7 Å². The zero-order chi connectivity index (χ0) is 15.9. The summed E-state index contributed by atoms with van der Waals surface area (Å²) in [5.41, 5.74) is 0.460. The predicted octanol–water partition coefficient (Wildman–Crippen LogP) is 1.59. The van der Waals surface area contributed by atoms with Gasteiger partial charge in [-0.25, -0.2) is 8.78 Å². The largest absolute Gasteiger partial charge is 0.481 e. The lowest BCUT2D eigenvalue weighted by molar-refractivity contribution is -0.145. The van der Waals surface area contributed by atoms with E-state index in [9.17, 15) is 18.4 Å². The first-order valence-electron chi connectivity index (χ1n) is 7.05. The van der Waals surface area contributed by atoms with Gasteiger partial charge in [-0.2, -0.15) is 0 Å². The number of amides is 1. The highest BCUT2D eigenvalue weighted by atomic mass is 19.2. The molecule has 1 saturated heterocycles. The van der Waals surface area contributed by atoms with Crippen molar-refractivity contribution in [3.05, 3.63) is 35.4 Å². The number of halogens is 2. The average Bonchev–Trinajstić information content (AvgIpc) is 3.30. The standard InChI is InChI=1S/C15H15F2NO4/c16-11-2-1-8(5-12(11)17)13-7-18(3-4-22-13)14(19)9-6-10(9)15(20)21/h1-2,5,9-10,13H,3-4,6-7H2,(H,20,21)/t9-,10-,13+/m1/s1. The van der Waals surface area contributed by atoms with E-state index < -0.39 is 35.5 Å². The number of carboxylic acid groups (broad SMARTS) is 1. The van der Waals surface area contributed by atoms with Crippen molar-refractivity contribution >= 4 is 11.9 Å². The highest BCUT2D eigenvalue weighted by Crippen LogP contribution is 2.40. The molecule has 0 spiro atoms. The number of carboxylic acids is 1. The molecule has 1 aliphatic carbocycles. The maximum Gasteiger partial charge on any atom is 0.307 e. The summed E-state index contributed by atoms with van der Waals surface area (Å²) in [5, 5.41) is 8.88. The van der Waals surface area contributed by atoms with Gasteiger partial charge in [-0.05, 0) is 24.1 Å². The number of benzene rings is 1. The molecule has 3 rings (SSSR count). The van der Waals surface area contributed by atoms with E-state index in [0.29, 0.717) is 18.5 Å². The molecule has 0 bridgehead atoms. The molecular weight excluding hydrogens is 296 g/mol. The van der Waals surface area contributed by atoms with Crippen LogP contribution in [0.25, 0.3) is 0 Å². The van der Waals surface area contributed by atoms with Gasteiger partial charge in [0.15, 0.2) is 11.6 Å². The van der Waals surface area contributed by atoms with Crippen LogP contribution >= 0.6 is 0 Å². The summed E-state index contributed by atoms with van der Waals surface area (Å²) in [7, 11) is 0. The number of hydrogen-bond donors (Lipinski definition) is 1. The molecule has 1 aromatic rings. The van der Waals surface area contributed by atoms with Crippen LogP contribution in [-0.4, -0.2) is 41.6 Å². The van der Waals surface area contributed by atoms with Crippen LogP contribution in [0.5, 0.6) is 0 Å². The second-order valence-electron chi connectivity index (χ2n) is 5.60. The van der Waals surface area contributed by atoms with E-state index in [4.69, 9.17) is 9.84 Å². The van der Waals surface area contributed by atoms with Gasteiger partial charge in [0.05, 0.1) is 25.0 Å². The summed E-state index contributed by atoms with van der Waals surface area (Å²) in [5.74, 6) is -4.13. The fraction of sp³-hybridized carbons (Fsp3) is 0.467. The second kappa shape index (κ2) is 5.64. The van der Waals surface area contributed by atoms with Gasteiger partial charge in [0.2, 0.25) is 5.91 Å². The normalized spacial score (nSPS) is 27.5. The molecule has 2 aliphatic rings. The first-order valence-corrected chi connectivity index (χ1v) is 7.05. The number of morpholine rings is 1. The van der Waals surface area contributed by atoms with Crippen molar-refractivity contribution in [3.8, 4) is 0 Å². The van der Waals surface area contributed by atoms with Crippen molar-refractivity contribution in [2.24, 2.45) is 11.8 Å². The molecule has 118 valence electrons. The summed E-state index contributed by atoms with van der Waals surface area (Å²) in [6.07, 6.45) is -0.170. The molecule has 0 aromatic heterocycles. The van der Waals surface area contributed by atoms with E-state index >= 15 is 0 Å². The Balaban J connectivity index is 1.68. The predicted molar refractivity (Wildman–Crippen MR) is 70.9 cm³/mol. The lowest BCUT2D eigenvalue weighted by Gasteiger charge is -2.33. The Labute approximate surface area is 125 Å². The Hall–Kier alpha value is -2.02. The molecule has 5 nitrogen and oxygen atoms in total. The van der Waals surface area contributed by atoms with Gasteiger partial charge < -0.3 is 14.7 Å². The first kappa shape index (κ1) is 14.9. The summed E-state index contributed by atoms with van der Waals surface area (Å²) in [6.45, 7) is 0.869. The molecule has 22 heavy (non-hydrogen) atoms. The van der Waals surface area contributed by atoms with Crippen LogP contribution in [-0.2, 0) is 14.3 Å². The van der Waals surface area contributed by atoms with E-state index in [1.807, 2.05) is 0 Å². The molecule has 1 amide bonds. The number of nitrogens with zero attached hydrogens (tertiary/aromatic N) is 1. The van der Waals surface area contributed by atoms with Crippen molar-refractivity contribution in [1.29, 1.82) is 0 Å². The third-order valence-corrected chi connectivity index (χ3v) is 4.12. The zero-order valence-electron chi connectivity index (χ0n) is 11.7. The van der Waals surface area contributed by atoms with Crippen LogP contribution in [0.4, 0.5) is 8.78 Å². The molecule has 3 atom stereocenters. The van der Waals surface area contributed by atoms with E-state index in [2.05, 4.69) is 0 Å². The summed E-state index contributed by atoms with van der Waals surface area (Å²) < 4.78 is 31.8. The summed E-state index contributed by atoms with van der Waals surface area (Å²) >= 11 is 0.